The number of hydrogen-bond acceptors (Lipinski definition) is 5. The first-order valence-corrected chi connectivity index (χ1v) is 8.70. The second-order valence-electron chi connectivity index (χ2n) is 5.12. The lowest BCUT2D eigenvalue weighted by Crippen LogP contribution is -2.33. The van der Waals surface area contributed by atoms with Gasteiger partial charge in [0.1, 0.15) is 0 Å². The highest BCUT2D eigenvalue weighted by atomic mass is 32.2. The van der Waals surface area contributed by atoms with Crippen LogP contribution in [0.4, 0.5) is 0 Å². The van der Waals surface area contributed by atoms with Crippen molar-refractivity contribution in [1.82, 2.24) is 10.3 Å². The van der Waals surface area contributed by atoms with Crippen molar-refractivity contribution < 1.29 is 13.2 Å². The molecule has 5 nitrogen and oxygen atoms in total. The van der Waals surface area contributed by atoms with Gasteiger partial charge in [0.05, 0.1) is 11.9 Å². The molecule has 6 heteroatoms. The number of nitrogens with zero attached hydrogens (tertiary/aromatic N) is 1. The fourth-order valence-corrected chi connectivity index (χ4v) is 2.85. The van der Waals surface area contributed by atoms with Crippen molar-refractivity contribution in [1.29, 1.82) is 0 Å². The summed E-state index contributed by atoms with van der Waals surface area (Å²) in [5.41, 5.74) is 0.932. The molecule has 1 heterocycles. The fourth-order valence-electron chi connectivity index (χ4n) is 1.73. The molecular weight excluding hydrogens is 276 g/mol. The molecule has 0 saturated carbocycles. The summed E-state index contributed by atoms with van der Waals surface area (Å²) in [5, 5.41) is 3.20. The predicted molar refractivity (Wildman–Crippen MR) is 80.6 cm³/mol. The van der Waals surface area contributed by atoms with Crippen LogP contribution in [-0.4, -0.2) is 37.1 Å². The Morgan fingerprint density at radius 2 is 2.05 bits per heavy atom. The maximum Gasteiger partial charge on any atom is 0.218 e. The van der Waals surface area contributed by atoms with Crippen molar-refractivity contribution in [3.63, 3.8) is 0 Å². The van der Waals surface area contributed by atoms with Gasteiger partial charge in [-0.2, -0.15) is 0 Å². The first kappa shape index (κ1) is 16.9. The van der Waals surface area contributed by atoms with E-state index < -0.39 is 9.84 Å². The first-order chi connectivity index (χ1) is 9.34. The van der Waals surface area contributed by atoms with Gasteiger partial charge >= 0.3 is 0 Å². The molecule has 0 bridgehead atoms. The quantitative estimate of drug-likeness (QED) is 0.792. The van der Waals surface area contributed by atoms with E-state index in [1.165, 1.54) is 0 Å². The summed E-state index contributed by atoms with van der Waals surface area (Å²) >= 11 is 0. The number of hydrogen-bond donors (Lipinski definition) is 1. The van der Waals surface area contributed by atoms with Gasteiger partial charge in [-0.1, -0.05) is 13.0 Å². The lowest BCUT2D eigenvalue weighted by Gasteiger charge is -2.16. The second kappa shape index (κ2) is 7.59. The Balaban J connectivity index is 2.61. The molecule has 0 aromatic carbocycles. The van der Waals surface area contributed by atoms with Gasteiger partial charge in [0.25, 0.3) is 0 Å². The third-order valence-electron chi connectivity index (χ3n) is 2.78. The topological polar surface area (TPSA) is 68.3 Å². The van der Waals surface area contributed by atoms with Crippen molar-refractivity contribution in [2.45, 2.75) is 46.4 Å². The molecule has 1 aromatic rings. The molecule has 0 fully saturated rings. The summed E-state index contributed by atoms with van der Waals surface area (Å²) in [6.07, 6.45) is 1.74. The van der Waals surface area contributed by atoms with Crippen LogP contribution < -0.4 is 10.1 Å². The van der Waals surface area contributed by atoms with Crippen molar-refractivity contribution in [3.05, 3.63) is 23.9 Å². The van der Waals surface area contributed by atoms with Crippen molar-refractivity contribution >= 4 is 9.84 Å². The zero-order valence-electron chi connectivity index (χ0n) is 12.6. The maximum absolute atomic E-state index is 11.6. The molecular formula is C14H24N2O3S. The molecule has 114 valence electrons. The van der Waals surface area contributed by atoms with Crippen LogP contribution in [-0.2, 0) is 16.4 Å². The van der Waals surface area contributed by atoms with E-state index in [0.29, 0.717) is 12.4 Å². The number of nitrogens with one attached hydrogen (secondary N) is 1. The molecule has 0 saturated heterocycles. The molecule has 0 aliphatic rings. The van der Waals surface area contributed by atoms with Crippen LogP contribution in [0.3, 0.4) is 0 Å². The second-order valence-corrected chi connectivity index (χ2v) is 7.51. The summed E-state index contributed by atoms with van der Waals surface area (Å²) in [6, 6.07) is 3.67. The lowest BCUT2D eigenvalue weighted by atomic mass is 10.2. The number of pyridine rings is 1. The van der Waals surface area contributed by atoms with Crippen molar-refractivity contribution in [2.24, 2.45) is 0 Å². The van der Waals surface area contributed by atoms with E-state index in [1.807, 2.05) is 32.9 Å². The van der Waals surface area contributed by atoms with Crippen LogP contribution in [0.2, 0.25) is 0 Å². The van der Waals surface area contributed by atoms with Crippen molar-refractivity contribution in [3.8, 4) is 5.88 Å². The highest BCUT2D eigenvalue weighted by molar-refractivity contribution is 7.91. The standard InChI is InChI=1S/C14H24N2O3S/c1-5-20(17,18)10-12(4)16-9-13-7-6-8-15-14(13)19-11(2)3/h6-8,11-12,16H,5,9-10H2,1-4H3. The summed E-state index contributed by atoms with van der Waals surface area (Å²) < 4.78 is 28.7. The molecule has 0 aliphatic heterocycles. The van der Waals surface area contributed by atoms with Crippen LogP contribution >= 0.6 is 0 Å². The monoisotopic (exact) mass is 300 g/mol. The molecule has 0 radical (unpaired) electrons. The van der Waals surface area contributed by atoms with E-state index >= 15 is 0 Å². The number of rotatable bonds is 8. The zero-order chi connectivity index (χ0) is 15.2. The summed E-state index contributed by atoms with van der Waals surface area (Å²) in [6.45, 7) is 7.96. The Kier molecular flexibility index (Phi) is 6.42. The summed E-state index contributed by atoms with van der Waals surface area (Å²) in [5.74, 6) is 0.915. The third kappa shape index (κ3) is 5.88. The normalized spacial score (nSPS) is 13.4. The number of sulfone groups is 1. The van der Waals surface area contributed by atoms with Gasteiger partial charge in [0.15, 0.2) is 9.84 Å². The molecule has 0 amide bonds. The Bertz CT molecular complexity index is 515. The van der Waals surface area contributed by atoms with Gasteiger partial charge in [0.2, 0.25) is 5.88 Å². The van der Waals surface area contributed by atoms with Gasteiger partial charge in [-0.25, -0.2) is 13.4 Å². The van der Waals surface area contributed by atoms with E-state index in [4.69, 9.17) is 4.74 Å². The Labute approximate surface area is 121 Å². The SMILES string of the molecule is CCS(=O)(=O)CC(C)NCc1cccnc1OC(C)C. The van der Waals surface area contributed by atoms with Crippen LogP contribution in [0.15, 0.2) is 18.3 Å². The lowest BCUT2D eigenvalue weighted by molar-refractivity contribution is 0.229. The summed E-state index contributed by atoms with van der Waals surface area (Å²) in [7, 11) is -2.96. The zero-order valence-corrected chi connectivity index (χ0v) is 13.4. The van der Waals surface area contributed by atoms with Crippen LogP contribution in [0.25, 0.3) is 0 Å². The smallest absolute Gasteiger partial charge is 0.218 e. The van der Waals surface area contributed by atoms with Gasteiger partial charge < -0.3 is 10.1 Å². The molecule has 1 aromatic heterocycles. The fraction of sp³-hybridized carbons (Fsp3) is 0.643. The van der Waals surface area contributed by atoms with Gasteiger partial charge in [-0.15, -0.1) is 0 Å². The summed E-state index contributed by atoms with van der Waals surface area (Å²) in [4.78, 5) is 4.21. The predicted octanol–water partition coefficient (Wildman–Crippen LogP) is 1.78. The minimum atomic E-state index is -2.96. The molecule has 20 heavy (non-hydrogen) atoms. The minimum absolute atomic E-state index is 0.0570. The third-order valence-corrected chi connectivity index (χ3v) is 4.67. The molecule has 0 spiro atoms. The largest absolute Gasteiger partial charge is 0.475 e. The average Bonchev–Trinajstić information content (AvgIpc) is 2.36. The Morgan fingerprint density at radius 3 is 2.65 bits per heavy atom. The molecule has 1 rings (SSSR count). The van der Waals surface area contributed by atoms with Gasteiger partial charge in [0, 0.05) is 30.1 Å². The van der Waals surface area contributed by atoms with Crippen molar-refractivity contribution in [2.75, 3.05) is 11.5 Å². The highest BCUT2D eigenvalue weighted by Gasteiger charge is 2.14. The van der Waals surface area contributed by atoms with Gasteiger partial charge in [-0.05, 0) is 26.8 Å². The number of ether oxygens (including phenoxy) is 1. The number of aromatic nitrogens is 1. The molecule has 1 unspecified atom stereocenters. The van der Waals surface area contributed by atoms with Crippen LogP contribution in [0, 0.1) is 0 Å². The van der Waals surface area contributed by atoms with E-state index in [0.717, 1.165) is 5.56 Å². The van der Waals surface area contributed by atoms with Crippen LogP contribution in [0.5, 0.6) is 5.88 Å². The Hall–Kier alpha value is -1.14. The van der Waals surface area contributed by atoms with E-state index in [9.17, 15) is 8.42 Å². The molecule has 1 atom stereocenters. The first-order valence-electron chi connectivity index (χ1n) is 6.88. The van der Waals surface area contributed by atoms with Crippen LogP contribution in [0.1, 0.15) is 33.3 Å². The Morgan fingerprint density at radius 1 is 1.35 bits per heavy atom. The molecule has 1 N–H and O–H groups in total. The minimum Gasteiger partial charge on any atom is -0.475 e. The average molecular weight is 300 g/mol. The maximum atomic E-state index is 11.6. The van der Waals surface area contributed by atoms with E-state index in [2.05, 4.69) is 10.3 Å². The van der Waals surface area contributed by atoms with E-state index in [-0.39, 0.29) is 23.7 Å². The van der Waals surface area contributed by atoms with Gasteiger partial charge in [-0.3, -0.25) is 0 Å². The molecule has 0 aliphatic carbocycles. The highest BCUT2D eigenvalue weighted by Crippen LogP contribution is 2.15. The van der Waals surface area contributed by atoms with E-state index in [1.54, 1.807) is 13.1 Å².